The van der Waals surface area contributed by atoms with E-state index in [9.17, 15) is 9.90 Å². The van der Waals surface area contributed by atoms with E-state index in [1.807, 2.05) is 6.07 Å². The van der Waals surface area contributed by atoms with Gasteiger partial charge in [0.1, 0.15) is 4.88 Å². The summed E-state index contributed by atoms with van der Waals surface area (Å²) >= 11 is 1.45. The summed E-state index contributed by atoms with van der Waals surface area (Å²) in [6.07, 6.45) is 13.7. The summed E-state index contributed by atoms with van der Waals surface area (Å²) in [5, 5.41) is 9.53. The van der Waals surface area contributed by atoms with Gasteiger partial charge in [-0.15, -0.1) is 11.3 Å². The van der Waals surface area contributed by atoms with Crippen LogP contribution in [0.5, 0.6) is 0 Å². The van der Waals surface area contributed by atoms with E-state index in [1.165, 1.54) is 73.8 Å². The Balaban J connectivity index is 1.37. The lowest BCUT2D eigenvalue weighted by atomic mass is 9.33. The van der Waals surface area contributed by atoms with Crippen LogP contribution in [0.4, 0.5) is 0 Å². The van der Waals surface area contributed by atoms with Gasteiger partial charge in [0, 0.05) is 10.4 Å². The summed E-state index contributed by atoms with van der Waals surface area (Å²) in [5.41, 5.74) is 10.9. The molecule has 1 aromatic heterocycles. The van der Waals surface area contributed by atoms with Crippen LogP contribution in [0.25, 0.3) is 5.57 Å². The molecule has 208 valence electrons. The van der Waals surface area contributed by atoms with E-state index < -0.39 is 5.97 Å². The standard InChI is InChI=1S/C34H49NO2S/c1-20(2)21-12-17-34(35)19-18-32(6)23(28(21)34)8-11-27-31(5)15-13-22(24-9-10-25(38-24)29(36)37)30(3,4)26(31)14-16-33(27,32)7/h9-10,13,21,23,26-28H,1,8,11-12,14-19,35H2,2-7H3,(H,36,37)/t21-,23+,26?,27?,28?,31-,32+,33+,34-/m0/s1. The van der Waals surface area contributed by atoms with Crippen molar-refractivity contribution in [1.29, 1.82) is 0 Å². The first kappa shape index (κ1) is 26.8. The molecule has 6 rings (SSSR count). The summed E-state index contributed by atoms with van der Waals surface area (Å²) in [6.45, 7) is 19.6. The van der Waals surface area contributed by atoms with Crippen LogP contribution < -0.4 is 5.73 Å². The van der Waals surface area contributed by atoms with Crippen LogP contribution in [-0.4, -0.2) is 16.6 Å². The van der Waals surface area contributed by atoms with Crippen molar-refractivity contribution in [3.05, 3.63) is 40.1 Å². The van der Waals surface area contributed by atoms with Gasteiger partial charge < -0.3 is 10.8 Å². The van der Waals surface area contributed by atoms with Crippen molar-refractivity contribution in [1.82, 2.24) is 0 Å². The first-order valence-electron chi connectivity index (χ1n) is 15.2. The van der Waals surface area contributed by atoms with E-state index in [1.54, 1.807) is 6.07 Å². The third-order valence-electron chi connectivity index (χ3n) is 13.8. The highest BCUT2D eigenvalue weighted by Crippen LogP contribution is 2.76. The molecule has 0 radical (unpaired) electrons. The third-order valence-corrected chi connectivity index (χ3v) is 14.9. The molecular weight excluding hydrogens is 486 g/mol. The zero-order chi connectivity index (χ0) is 27.5. The van der Waals surface area contributed by atoms with Gasteiger partial charge in [-0.2, -0.15) is 0 Å². The molecule has 38 heavy (non-hydrogen) atoms. The lowest BCUT2D eigenvalue weighted by molar-refractivity contribution is -0.217. The summed E-state index contributed by atoms with van der Waals surface area (Å²) < 4.78 is 0. The van der Waals surface area contributed by atoms with E-state index in [2.05, 4.69) is 54.2 Å². The summed E-state index contributed by atoms with van der Waals surface area (Å²) in [5.74, 6) is 2.39. The fourth-order valence-corrected chi connectivity index (χ4v) is 12.9. The summed E-state index contributed by atoms with van der Waals surface area (Å²) in [7, 11) is 0. The van der Waals surface area contributed by atoms with Crippen molar-refractivity contribution in [2.24, 2.45) is 57.0 Å². The summed E-state index contributed by atoms with van der Waals surface area (Å²) in [6, 6.07) is 3.83. The number of aromatic carboxylic acids is 1. The van der Waals surface area contributed by atoms with E-state index >= 15 is 0 Å². The molecule has 3 N–H and O–H groups in total. The smallest absolute Gasteiger partial charge is 0.345 e. The van der Waals surface area contributed by atoms with E-state index in [0.717, 1.165) is 11.3 Å². The predicted molar refractivity (Wildman–Crippen MR) is 158 cm³/mol. The number of allylic oxidation sites excluding steroid dienone is 3. The fraction of sp³-hybridized carbons (Fsp3) is 0.735. The maximum atomic E-state index is 11.6. The molecule has 1 heterocycles. The quantitative estimate of drug-likeness (QED) is 0.380. The highest BCUT2D eigenvalue weighted by Gasteiger charge is 2.70. The molecule has 4 saturated carbocycles. The lowest BCUT2D eigenvalue weighted by Crippen LogP contribution is -2.67. The van der Waals surface area contributed by atoms with Crippen LogP contribution in [0.15, 0.2) is 30.4 Å². The maximum Gasteiger partial charge on any atom is 0.345 e. The van der Waals surface area contributed by atoms with E-state index in [4.69, 9.17) is 5.73 Å². The molecular formula is C34H49NO2S. The van der Waals surface area contributed by atoms with Crippen molar-refractivity contribution in [2.45, 2.75) is 105 Å². The second kappa shape index (κ2) is 8.32. The number of hydrogen-bond acceptors (Lipinski definition) is 3. The Bertz CT molecular complexity index is 1210. The van der Waals surface area contributed by atoms with Crippen molar-refractivity contribution in [3.8, 4) is 0 Å². The molecule has 5 aliphatic carbocycles. The average Bonchev–Trinajstić information content (AvgIpc) is 3.44. The highest BCUT2D eigenvalue weighted by molar-refractivity contribution is 7.15. The Hall–Kier alpha value is -1.39. The molecule has 4 fully saturated rings. The molecule has 3 unspecified atom stereocenters. The molecule has 0 spiro atoms. The van der Waals surface area contributed by atoms with Gasteiger partial charge in [0.2, 0.25) is 0 Å². The Morgan fingerprint density at radius 2 is 1.71 bits per heavy atom. The minimum atomic E-state index is -0.816. The van der Waals surface area contributed by atoms with E-state index in [-0.39, 0.29) is 16.4 Å². The van der Waals surface area contributed by atoms with Gasteiger partial charge in [-0.3, -0.25) is 0 Å². The van der Waals surface area contributed by atoms with Gasteiger partial charge >= 0.3 is 5.97 Å². The normalized spacial score (nSPS) is 47.2. The lowest BCUT2D eigenvalue weighted by Gasteiger charge is -2.72. The maximum absolute atomic E-state index is 11.6. The Morgan fingerprint density at radius 1 is 0.974 bits per heavy atom. The van der Waals surface area contributed by atoms with Gasteiger partial charge in [0.15, 0.2) is 0 Å². The molecule has 0 saturated heterocycles. The molecule has 0 amide bonds. The highest BCUT2D eigenvalue weighted by atomic mass is 32.1. The van der Waals surface area contributed by atoms with Crippen molar-refractivity contribution < 1.29 is 9.90 Å². The fourth-order valence-electron chi connectivity index (χ4n) is 11.8. The van der Waals surface area contributed by atoms with Crippen LogP contribution in [0, 0.1) is 51.2 Å². The molecule has 4 heteroatoms. The van der Waals surface area contributed by atoms with Crippen LogP contribution >= 0.6 is 11.3 Å². The first-order chi connectivity index (χ1) is 17.7. The summed E-state index contributed by atoms with van der Waals surface area (Å²) in [4.78, 5) is 13.2. The van der Waals surface area contributed by atoms with Gasteiger partial charge in [0.05, 0.1) is 0 Å². The van der Waals surface area contributed by atoms with Crippen LogP contribution in [0.2, 0.25) is 0 Å². The van der Waals surface area contributed by atoms with Crippen LogP contribution in [0.1, 0.15) is 114 Å². The zero-order valence-corrected chi connectivity index (χ0v) is 25.3. The number of hydrogen-bond donors (Lipinski definition) is 2. The number of carboxylic acid groups (broad SMARTS) is 1. The molecule has 3 nitrogen and oxygen atoms in total. The van der Waals surface area contributed by atoms with Crippen molar-refractivity contribution in [2.75, 3.05) is 0 Å². The Morgan fingerprint density at radius 3 is 2.37 bits per heavy atom. The molecule has 5 aliphatic rings. The number of thiophene rings is 1. The Labute approximate surface area is 234 Å². The largest absolute Gasteiger partial charge is 0.477 e. The first-order valence-corrected chi connectivity index (χ1v) is 16.0. The average molecular weight is 536 g/mol. The van der Waals surface area contributed by atoms with Gasteiger partial charge in [-0.05, 0) is 134 Å². The minimum absolute atomic E-state index is 0.0120. The minimum Gasteiger partial charge on any atom is -0.477 e. The SMILES string of the molecule is C=C(C)[C@@H]1CC[C@]2(N)CC[C@]3(C)[C@H](CCC4[C@@]5(C)CC=C(c6ccc(C(=O)O)s6)C(C)(C)C5CC[C@]43C)C12. The number of rotatable bonds is 3. The molecule has 1 aromatic rings. The molecule has 0 bridgehead atoms. The van der Waals surface area contributed by atoms with Crippen LogP contribution in [0.3, 0.4) is 0 Å². The van der Waals surface area contributed by atoms with E-state index in [0.29, 0.717) is 45.3 Å². The topological polar surface area (TPSA) is 63.3 Å². The Kier molecular flexibility index (Phi) is 5.87. The van der Waals surface area contributed by atoms with Crippen molar-refractivity contribution in [3.63, 3.8) is 0 Å². The molecule has 0 aromatic carbocycles. The van der Waals surface area contributed by atoms with Gasteiger partial charge in [0.25, 0.3) is 0 Å². The number of carbonyl (C=O) groups is 1. The number of carboxylic acids is 1. The van der Waals surface area contributed by atoms with Crippen LogP contribution in [-0.2, 0) is 0 Å². The third kappa shape index (κ3) is 3.31. The zero-order valence-electron chi connectivity index (χ0n) is 24.5. The second-order valence-electron chi connectivity index (χ2n) is 15.4. The molecule has 0 aliphatic heterocycles. The second-order valence-corrected chi connectivity index (χ2v) is 16.5. The number of nitrogens with two attached hydrogens (primary N) is 1. The monoisotopic (exact) mass is 535 g/mol. The van der Waals surface area contributed by atoms with Gasteiger partial charge in [-0.25, -0.2) is 4.79 Å². The van der Waals surface area contributed by atoms with Crippen molar-refractivity contribution >= 4 is 22.9 Å². The molecule has 9 atom stereocenters. The number of fused-ring (bicyclic) bond motifs is 7. The van der Waals surface area contributed by atoms with Gasteiger partial charge in [-0.1, -0.05) is 52.8 Å². The predicted octanol–water partition coefficient (Wildman–Crippen LogP) is 8.81.